The highest BCUT2D eigenvalue weighted by Gasteiger charge is 2.27. The van der Waals surface area contributed by atoms with Crippen LogP contribution in [0.15, 0.2) is 0 Å². The number of hydrogen-bond acceptors (Lipinski definition) is 3. The molecule has 0 aromatic carbocycles. The van der Waals surface area contributed by atoms with Gasteiger partial charge in [0.05, 0.1) is 6.42 Å². The molecule has 1 heterocycles. The third-order valence-electron chi connectivity index (χ3n) is 2.86. The maximum Gasteiger partial charge on any atom is 0.228 e. The van der Waals surface area contributed by atoms with Gasteiger partial charge in [0.15, 0.2) is 0 Å². The van der Waals surface area contributed by atoms with Gasteiger partial charge in [-0.15, -0.1) is 0 Å². The van der Waals surface area contributed by atoms with Gasteiger partial charge in [0.25, 0.3) is 0 Å². The van der Waals surface area contributed by atoms with Gasteiger partial charge in [-0.25, -0.2) is 0 Å². The zero-order chi connectivity index (χ0) is 11.5. The Hall–Kier alpha value is -0.900. The van der Waals surface area contributed by atoms with E-state index in [9.17, 15) is 4.79 Å². The van der Waals surface area contributed by atoms with Crippen LogP contribution in [0.4, 0.5) is 0 Å². The van der Waals surface area contributed by atoms with Crippen molar-refractivity contribution in [1.82, 2.24) is 9.80 Å². The molecule has 1 fully saturated rings. The molecule has 4 nitrogen and oxygen atoms in total. The lowest BCUT2D eigenvalue weighted by Gasteiger charge is -2.42. The average Bonchev–Trinajstić information content (AvgIpc) is 2.17. The van der Waals surface area contributed by atoms with E-state index < -0.39 is 0 Å². The quantitative estimate of drug-likeness (QED) is 0.692. The molecule has 1 N–H and O–H groups in total. The Balaban J connectivity index is 2.42. The number of nitrogens with zero attached hydrogens (tertiary/aromatic N) is 2. The van der Waals surface area contributed by atoms with Crippen molar-refractivity contribution >= 4 is 12.1 Å². The predicted molar refractivity (Wildman–Crippen MR) is 61.3 cm³/mol. The first-order chi connectivity index (χ1) is 6.95. The zero-order valence-electron chi connectivity index (χ0n) is 9.92. The van der Waals surface area contributed by atoms with Gasteiger partial charge in [-0.2, -0.15) is 0 Å². The van der Waals surface area contributed by atoms with Crippen LogP contribution in [0.3, 0.4) is 0 Å². The van der Waals surface area contributed by atoms with Crippen LogP contribution in [-0.2, 0) is 4.79 Å². The molecule has 15 heavy (non-hydrogen) atoms. The number of carbonyl (C=O) groups excluding carboxylic acids is 1. The van der Waals surface area contributed by atoms with Crippen molar-refractivity contribution in [3.8, 4) is 0 Å². The Morgan fingerprint density at radius 2 is 1.80 bits per heavy atom. The van der Waals surface area contributed by atoms with E-state index in [0.717, 1.165) is 26.2 Å². The highest BCUT2D eigenvalue weighted by atomic mass is 16.2. The fourth-order valence-corrected chi connectivity index (χ4v) is 1.84. The smallest absolute Gasteiger partial charge is 0.228 e. The standard InChI is InChI=1S/C11H21N3O/c1-11(2,3)14-8-6-13(7-9-14)10(15)4-5-12/h5,12H,4,6-9H2,1-3H3. The molecular formula is C11H21N3O. The molecule has 0 aromatic rings. The number of nitrogens with one attached hydrogen (secondary N) is 1. The Labute approximate surface area is 91.7 Å². The van der Waals surface area contributed by atoms with Gasteiger partial charge >= 0.3 is 0 Å². The summed E-state index contributed by atoms with van der Waals surface area (Å²) in [5.74, 6) is 0.0820. The Kier molecular flexibility index (Phi) is 3.85. The summed E-state index contributed by atoms with van der Waals surface area (Å²) < 4.78 is 0. The molecule has 1 aliphatic rings. The second-order valence-corrected chi connectivity index (χ2v) is 4.95. The molecule has 0 aliphatic carbocycles. The van der Waals surface area contributed by atoms with Crippen LogP contribution >= 0.6 is 0 Å². The molecule has 0 bridgehead atoms. The normalized spacial score (nSPS) is 19.0. The molecule has 1 rings (SSSR count). The van der Waals surface area contributed by atoms with Gasteiger partial charge in [0.2, 0.25) is 5.91 Å². The average molecular weight is 211 g/mol. The molecule has 4 heteroatoms. The van der Waals surface area contributed by atoms with Crippen LogP contribution in [0.1, 0.15) is 27.2 Å². The van der Waals surface area contributed by atoms with Gasteiger partial charge in [0, 0.05) is 37.9 Å². The Bertz CT molecular complexity index is 237. The lowest BCUT2D eigenvalue weighted by molar-refractivity contribution is -0.132. The topological polar surface area (TPSA) is 47.4 Å². The van der Waals surface area contributed by atoms with E-state index in [4.69, 9.17) is 5.41 Å². The SMILES string of the molecule is CC(C)(C)N1CCN(C(=O)CC=N)CC1. The molecule has 0 radical (unpaired) electrons. The van der Waals surface area contributed by atoms with Gasteiger partial charge in [-0.05, 0) is 20.8 Å². The number of carbonyl (C=O) groups is 1. The summed E-state index contributed by atoms with van der Waals surface area (Å²) in [4.78, 5) is 15.8. The largest absolute Gasteiger partial charge is 0.340 e. The van der Waals surface area contributed by atoms with Crippen molar-refractivity contribution < 1.29 is 4.79 Å². The van der Waals surface area contributed by atoms with Gasteiger partial charge in [-0.3, -0.25) is 9.69 Å². The van der Waals surface area contributed by atoms with E-state index in [2.05, 4.69) is 25.7 Å². The molecule has 0 atom stereocenters. The summed E-state index contributed by atoms with van der Waals surface area (Å²) in [5, 5.41) is 6.91. The second-order valence-electron chi connectivity index (χ2n) is 4.95. The van der Waals surface area contributed by atoms with E-state index in [-0.39, 0.29) is 17.9 Å². The molecule has 0 unspecified atom stereocenters. The van der Waals surface area contributed by atoms with E-state index in [1.165, 1.54) is 6.21 Å². The van der Waals surface area contributed by atoms with Crippen molar-refractivity contribution in [3.05, 3.63) is 0 Å². The lowest BCUT2D eigenvalue weighted by Crippen LogP contribution is -2.54. The number of amides is 1. The zero-order valence-corrected chi connectivity index (χ0v) is 9.92. The fourth-order valence-electron chi connectivity index (χ4n) is 1.84. The first-order valence-electron chi connectivity index (χ1n) is 5.47. The molecule has 86 valence electrons. The molecule has 0 aromatic heterocycles. The molecule has 0 spiro atoms. The first-order valence-corrected chi connectivity index (χ1v) is 5.47. The Morgan fingerprint density at radius 1 is 1.27 bits per heavy atom. The summed E-state index contributed by atoms with van der Waals surface area (Å²) in [6, 6.07) is 0. The third kappa shape index (κ3) is 3.30. The third-order valence-corrected chi connectivity index (χ3v) is 2.86. The summed E-state index contributed by atoms with van der Waals surface area (Å²) in [6.07, 6.45) is 1.42. The summed E-state index contributed by atoms with van der Waals surface area (Å²) >= 11 is 0. The maximum absolute atomic E-state index is 11.5. The number of piperazine rings is 1. The van der Waals surface area contributed by atoms with Crippen molar-refractivity contribution in [1.29, 1.82) is 5.41 Å². The highest BCUT2D eigenvalue weighted by molar-refractivity contribution is 5.88. The minimum absolute atomic E-state index is 0.0820. The lowest BCUT2D eigenvalue weighted by atomic mass is 10.0. The van der Waals surface area contributed by atoms with Crippen LogP contribution in [0.5, 0.6) is 0 Å². The highest BCUT2D eigenvalue weighted by Crippen LogP contribution is 2.15. The van der Waals surface area contributed by atoms with Crippen molar-refractivity contribution in [2.45, 2.75) is 32.7 Å². The molecule has 1 saturated heterocycles. The minimum Gasteiger partial charge on any atom is -0.340 e. The van der Waals surface area contributed by atoms with Crippen LogP contribution in [0, 0.1) is 5.41 Å². The number of rotatable bonds is 2. The van der Waals surface area contributed by atoms with Crippen LogP contribution in [0.2, 0.25) is 0 Å². The van der Waals surface area contributed by atoms with Crippen molar-refractivity contribution in [2.75, 3.05) is 26.2 Å². The van der Waals surface area contributed by atoms with Crippen LogP contribution < -0.4 is 0 Å². The van der Waals surface area contributed by atoms with Crippen molar-refractivity contribution in [2.24, 2.45) is 0 Å². The van der Waals surface area contributed by atoms with E-state index >= 15 is 0 Å². The van der Waals surface area contributed by atoms with Crippen LogP contribution in [-0.4, -0.2) is 53.6 Å². The summed E-state index contributed by atoms with van der Waals surface area (Å²) in [7, 11) is 0. The minimum atomic E-state index is 0.0820. The first kappa shape index (κ1) is 12.2. The predicted octanol–water partition coefficient (Wildman–Crippen LogP) is 0.969. The van der Waals surface area contributed by atoms with E-state index in [0.29, 0.717) is 0 Å². The molecule has 0 saturated carbocycles. The fraction of sp³-hybridized carbons (Fsp3) is 0.818. The monoisotopic (exact) mass is 211 g/mol. The van der Waals surface area contributed by atoms with Crippen LogP contribution in [0.25, 0.3) is 0 Å². The Morgan fingerprint density at radius 3 is 2.20 bits per heavy atom. The summed E-state index contributed by atoms with van der Waals surface area (Å²) in [6.45, 7) is 10.1. The van der Waals surface area contributed by atoms with E-state index in [1.807, 2.05) is 4.90 Å². The maximum atomic E-state index is 11.5. The molecular weight excluding hydrogens is 190 g/mol. The summed E-state index contributed by atoms with van der Waals surface area (Å²) in [5.41, 5.74) is 0.191. The second kappa shape index (κ2) is 4.75. The number of hydrogen-bond donors (Lipinski definition) is 1. The van der Waals surface area contributed by atoms with E-state index in [1.54, 1.807) is 0 Å². The van der Waals surface area contributed by atoms with Crippen molar-refractivity contribution in [3.63, 3.8) is 0 Å². The van der Waals surface area contributed by atoms with Gasteiger partial charge < -0.3 is 10.3 Å². The molecule has 1 amide bonds. The molecule has 1 aliphatic heterocycles. The van der Waals surface area contributed by atoms with Gasteiger partial charge in [-0.1, -0.05) is 0 Å². The van der Waals surface area contributed by atoms with Gasteiger partial charge in [0.1, 0.15) is 0 Å².